The topological polar surface area (TPSA) is 77.4 Å². The summed E-state index contributed by atoms with van der Waals surface area (Å²) in [6, 6.07) is 12.9. The van der Waals surface area contributed by atoms with E-state index in [0.29, 0.717) is 46.0 Å². The number of carbonyl (C=O) groups is 1. The fourth-order valence-electron chi connectivity index (χ4n) is 3.66. The van der Waals surface area contributed by atoms with Crippen molar-refractivity contribution in [3.8, 4) is 22.9 Å². The van der Waals surface area contributed by atoms with E-state index < -0.39 is 6.23 Å². The maximum atomic E-state index is 13.2. The Morgan fingerprint density at radius 2 is 1.94 bits per heavy atom. The molecule has 0 bridgehead atoms. The fourth-order valence-corrected chi connectivity index (χ4v) is 4.69. The molecular formula is C25H27ClN4O3S. The van der Waals surface area contributed by atoms with Gasteiger partial charge >= 0.3 is 0 Å². The smallest absolute Gasteiger partial charge is 0.247 e. The molecule has 0 fully saturated rings. The third kappa shape index (κ3) is 5.13. The Morgan fingerprint density at radius 1 is 1.15 bits per heavy atom. The van der Waals surface area contributed by atoms with Gasteiger partial charge in [-0.2, -0.15) is 4.98 Å². The monoisotopic (exact) mass is 498 g/mol. The number of hydrogen-bond donors (Lipinski definition) is 0. The van der Waals surface area contributed by atoms with Crippen molar-refractivity contribution in [2.75, 3.05) is 17.3 Å². The average molecular weight is 499 g/mol. The molecule has 1 aliphatic heterocycles. The molecule has 0 saturated carbocycles. The summed E-state index contributed by atoms with van der Waals surface area (Å²) in [6.45, 7) is 6.47. The summed E-state index contributed by atoms with van der Waals surface area (Å²) in [5.74, 6) is 1.87. The zero-order chi connectivity index (χ0) is 24.1. The number of halogens is 1. The summed E-state index contributed by atoms with van der Waals surface area (Å²) in [5.41, 5.74) is 2.55. The molecule has 4 rings (SSSR count). The minimum Gasteiger partial charge on any atom is -0.494 e. The number of benzene rings is 2. The van der Waals surface area contributed by atoms with Crippen LogP contribution in [0.25, 0.3) is 11.3 Å². The number of amides is 1. The molecule has 1 aliphatic rings. The van der Waals surface area contributed by atoms with Crippen LogP contribution in [0, 0.1) is 0 Å². The first-order chi connectivity index (χ1) is 16.5. The van der Waals surface area contributed by atoms with Crippen LogP contribution in [0.4, 0.5) is 5.69 Å². The normalized spacial score (nSPS) is 14.6. The number of hydrogen-bond acceptors (Lipinski definition) is 7. The molecular weight excluding hydrogens is 472 g/mol. The second kappa shape index (κ2) is 11.1. The van der Waals surface area contributed by atoms with Gasteiger partial charge in [-0.25, -0.2) is 0 Å². The Bertz CT molecular complexity index is 1160. The third-order valence-electron chi connectivity index (χ3n) is 5.34. The molecule has 0 N–H and O–H groups in total. The maximum Gasteiger partial charge on any atom is 0.247 e. The quantitative estimate of drug-likeness (QED) is 0.265. The molecule has 34 heavy (non-hydrogen) atoms. The van der Waals surface area contributed by atoms with Gasteiger partial charge in [0, 0.05) is 28.3 Å². The van der Waals surface area contributed by atoms with Crippen molar-refractivity contribution >= 4 is 35.0 Å². The number of rotatable bonds is 8. The highest BCUT2D eigenvalue weighted by Gasteiger charge is 2.35. The van der Waals surface area contributed by atoms with E-state index in [0.717, 1.165) is 29.9 Å². The lowest BCUT2D eigenvalue weighted by molar-refractivity contribution is -0.120. The molecule has 1 atom stereocenters. The second-order valence-corrected chi connectivity index (χ2v) is 9.20. The first-order valence-electron chi connectivity index (χ1n) is 11.4. The highest BCUT2D eigenvalue weighted by molar-refractivity contribution is 7.99. The fraction of sp³-hybridized carbons (Fsp3) is 0.360. The predicted octanol–water partition coefficient (Wildman–Crippen LogP) is 6.32. The number of ether oxygens (including phenoxy) is 2. The molecule has 2 heterocycles. The molecule has 1 aromatic heterocycles. The highest BCUT2D eigenvalue weighted by atomic mass is 35.5. The average Bonchev–Trinajstić information content (AvgIpc) is 2.98. The number of nitrogens with zero attached hydrogens (tertiary/aromatic N) is 4. The van der Waals surface area contributed by atoms with Crippen molar-refractivity contribution in [1.82, 2.24) is 15.2 Å². The van der Waals surface area contributed by atoms with Gasteiger partial charge in [0.05, 0.1) is 12.3 Å². The summed E-state index contributed by atoms with van der Waals surface area (Å²) < 4.78 is 12.0. The molecule has 1 unspecified atom stereocenters. The van der Waals surface area contributed by atoms with Crippen LogP contribution < -0.4 is 14.4 Å². The van der Waals surface area contributed by atoms with Crippen molar-refractivity contribution in [1.29, 1.82) is 0 Å². The van der Waals surface area contributed by atoms with Crippen molar-refractivity contribution in [2.45, 2.75) is 51.4 Å². The van der Waals surface area contributed by atoms with Gasteiger partial charge in [-0.1, -0.05) is 43.6 Å². The number of unbranched alkanes of at least 4 members (excludes halogenated alkanes) is 1. The summed E-state index contributed by atoms with van der Waals surface area (Å²) in [4.78, 5) is 19.6. The minimum absolute atomic E-state index is 0.0965. The molecule has 9 heteroatoms. The number of fused-ring (bicyclic) bond motifs is 3. The van der Waals surface area contributed by atoms with Gasteiger partial charge in [0.1, 0.15) is 5.75 Å². The molecule has 7 nitrogen and oxygen atoms in total. The molecule has 3 aromatic rings. The lowest BCUT2D eigenvalue weighted by Crippen LogP contribution is -2.37. The lowest BCUT2D eigenvalue weighted by atomic mass is 10.1. The standard InChI is InChI=1S/C25H27ClN4O3S/c1-4-7-14-34-25-27-23-22(28-29-25)19-15-17(26)10-13-20(19)30(21(31)5-2)24(33-23)16-8-11-18(12-9-16)32-6-3/h8-13,15,24H,4-7,14H2,1-3H3. The zero-order valence-corrected chi connectivity index (χ0v) is 21.0. The number of aromatic nitrogens is 3. The van der Waals surface area contributed by atoms with E-state index in [1.165, 1.54) is 11.8 Å². The SMILES string of the molecule is CCCCSc1nnc2c(n1)OC(c1ccc(OCC)cc1)N(C(=O)CC)c1ccc(Cl)cc1-2. The largest absolute Gasteiger partial charge is 0.494 e. The first kappa shape index (κ1) is 24.3. The third-order valence-corrected chi connectivity index (χ3v) is 6.50. The van der Waals surface area contributed by atoms with Gasteiger partial charge < -0.3 is 9.47 Å². The molecule has 0 spiro atoms. The van der Waals surface area contributed by atoms with E-state index in [1.54, 1.807) is 17.0 Å². The van der Waals surface area contributed by atoms with Gasteiger partial charge in [-0.15, -0.1) is 10.2 Å². The molecule has 178 valence electrons. The Labute approximate surface area is 208 Å². The van der Waals surface area contributed by atoms with Crippen LogP contribution in [0.5, 0.6) is 11.6 Å². The number of carbonyl (C=O) groups excluding carboxylic acids is 1. The van der Waals surface area contributed by atoms with Crippen LogP contribution in [0.1, 0.15) is 51.8 Å². The van der Waals surface area contributed by atoms with E-state index in [-0.39, 0.29) is 5.91 Å². The van der Waals surface area contributed by atoms with E-state index in [4.69, 9.17) is 21.1 Å². The van der Waals surface area contributed by atoms with Crippen LogP contribution in [0.3, 0.4) is 0 Å². The molecule has 0 radical (unpaired) electrons. The maximum absolute atomic E-state index is 13.2. The summed E-state index contributed by atoms with van der Waals surface area (Å²) in [5, 5.41) is 9.83. The van der Waals surface area contributed by atoms with Crippen molar-refractivity contribution in [3.63, 3.8) is 0 Å². The molecule has 1 amide bonds. The second-order valence-electron chi connectivity index (χ2n) is 7.70. The van der Waals surface area contributed by atoms with Gasteiger partial charge in [-0.05, 0) is 55.8 Å². The van der Waals surface area contributed by atoms with Gasteiger partial charge in [-0.3, -0.25) is 9.69 Å². The summed E-state index contributed by atoms with van der Waals surface area (Å²) in [7, 11) is 0. The Kier molecular flexibility index (Phi) is 7.90. The van der Waals surface area contributed by atoms with Crippen molar-refractivity contribution in [3.05, 3.63) is 53.1 Å². The van der Waals surface area contributed by atoms with E-state index in [2.05, 4.69) is 22.1 Å². The molecule has 2 aromatic carbocycles. The van der Waals surface area contributed by atoms with Crippen LogP contribution >= 0.6 is 23.4 Å². The van der Waals surface area contributed by atoms with E-state index >= 15 is 0 Å². The van der Waals surface area contributed by atoms with Crippen LogP contribution in [-0.2, 0) is 4.79 Å². The van der Waals surface area contributed by atoms with Crippen molar-refractivity contribution < 1.29 is 14.3 Å². The summed E-state index contributed by atoms with van der Waals surface area (Å²) >= 11 is 7.88. The van der Waals surface area contributed by atoms with E-state index in [9.17, 15) is 4.79 Å². The lowest BCUT2D eigenvalue weighted by Gasteiger charge is -2.30. The first-order valence-corrected chi connectivity index (χ1v) is 12.8. The summed E-state index contributed by atoms with van der Waals surface area (Å²) in [6.07, 6.45) is 1.70. The van der Waals surface area contributed by atoms with Gasteiger partial charge in [0.15, 0.2) is 5.69 Å². The Balaban J connectivity index is 1.85. The Hall–Kier alpha value is -2.84. The predicted molar refractivity (Wildman–Crippen MR) is 135 cm³/mol. The van der Waals surface area contributed by atoms with Crippen LogP contribution in [0.15, 0.2) is 47.6 Å². The highest BCUT2D eigenvalue weighted by Crippen LogP contribution is 2.44. The van der Waals surface area contributed by atoms with E-state index in [1.807, 2.05) is 44.2 Å². The minimum atomic E-state index is -0.741. The zero-order valence-electron chi connectivity index (χ0n) is 19.5. The molecule has 0 saturated heterocycles. The van der Waals surface area contributed by atoms with Crippen molar-refractivity contribution in [2.24, 2.45) is 0 Å². The number of thioether (sulfide) groups is 1. The van der Waals surface area contributed by atoms with Gasteiger partial charge in [0.25, 0.3) is 0 Å². The molecule has 0 aliphatic carbocycles. The number of anilines is 1. The van der Waals surface area contributed by atoms with Gasteiger partial charge in [0.2, 0.25) is 23.2 Å². The van der Waals surface area contributed by atoms with Crippen LogP contribution in [-0.4, -0.2) is 33.4 Å². The Morgan fingerprint density at radius 3 is 2.65 bits per heavy atom. The van der Waals surface area contributed by atoms with Crippen LogP contribution in [0.2, 0.25) is 5.02 Å².